The van der Waals surface area contributed by atoms with Crippen LogP contribution >= 0.6 is 0 Å². The van der Waals surface area contributed by atoms with Crippen molar-refractivity contribution in [2.75, 3.05) is 0 Å². The van der Waals surface area contributed by atoms with Gasteiger partial charge in [0, 0.05) is 18.2 Å². The summed E-state index contributed by atoms with van der Waals surface area (Å²) in [4.78, 5) is 0. The topological polar surface area (TPSA) is 37.4 Å². The van der Waals surface area contributed by atoms with Crippen molar-refractivity contribution in [1.29, 1.82) is 0 Å². The first-order chi connectivity index (χ1) is 12.2. The van der Waals surface area contributed by atoms with Crippen LogP contribution < -0.4 is 0 Å². The molecule has 0 N–H and O–H groups in total. The molecule has 26 heavy (non-hydrogen) atoms. The van der Waals surface area contributed by atoms with Crippen molar-refractivity contribution in [2.45, 2.75) is 37.4 Å². The second kappa shape index (κ2) is 7.00. The van der Waals surface area contributed by atoms with E-state index >= 15 is 0 Å². The lowest BCUT2D eigenvalue weighted by atomic mass is 10.1. The van der Waals surface area contributed by atoms with Crippen molar-refractivity contribution in [3.8, 4) is 0 Å². The monoisotopic (exact) mass is 387 g/mol. The van der Waals surface area contributed by atoms with Crippen molar-refractivity contribution in [1.82, 2.24) is 4.31 Å². The Bertz CT molecular complexity index is 892. The zero-order chi connectivity index (χ0) is 18.9. The molecule has 1 aliphatic carbocycles. The van der Waals surface area contributed by atoms with E-state index in [2.05, 4.69) is 0 Å². The zero-order valence-electron chi connectivity index (χ0n) is 13.7. The highest BCUT2D eigenvalue weighted by Gasteiger charge is 2.38. The standard InChI is InChI=1S/C18H17F4NO2S/c19-17-7-2-1-5-14(17)11-23(16-8-9-16)26(24,25)12-13-4-3-6-15(10-13)18(20,21)22/h1-7,10,16H,8-9,11-12H2. The molecule has 140 valence electrons. The Morgan fingerprint density at radius 2 is 1.73 bits per heavy atom. The summed E-state index contributed by atoms with van der Waals surface area (Å²) in [6, 6.07) is 9.92. The van der Waals surface area contributed by atoms with Gasteiger partial charge in [-0.1, -0.05) is 36.4 Å². The molecule has 1 aliphatic rings. The van der Waals surface area contributed by atoms with Crippen molar-refractivity contribution in [3.05, 3.63) is 71.0 Å². The van der Waals surface area contributed by atoms with Gasteiger partial charge in [0.1, 0.15) is 5.82 Å². The van der Waals surface area contributed by atoms with E-state index in [-0.39, 0.29) is 23.7 Å². The third-order valence-electron chi connectivity index (χ3n) is 4.20. The largest absolute Gasteiger partial charge is 0.416 e. The molecule has 1 saturated carbocycles. The molecule has 0 heterocycles. The van der Waals surface area contributed by atoms with Gasteiger partial charge in [0.05, 0.1) is 11.3 Å². The summed E-state index contributed by atoms with van der Waals surface area (Å²) in [5.74, 6) is -1.06. The van der Waals surface area contributed by atoms with Crippen LogP contribution in [0.5, 0.6) is 0 Å². The molecule has 2 aromatic rings. The van der Waals surface area contributed by atoms with Gasteiger partial charge in [-0.3, -0.25) is 0 Å². The van der Waals surface area contributed by atoms with Gasteiger partial charge < -0.3 is 0 Å². The fourth-order valence-corrected chi connectivity index (χ4v) is 4.51. The van der Waals surface area contributed by atoms with Gasteiger partial charge in [0.25, 0.3) is 0 Å². The Labute approximate surface area is 149 Å². The molecule has 0 spiro atoms. The Morgan fingerprint density at radius 3 is 2.35 bits per heavy atom. The van der Waals surface area contributed by atoms with Crippen molar-refractivity contribution in [2.24, 2.45) is 0 Å². The molecule has 0 atom stereocenters. The Balaban J connectivity index is 1.84. The summed E-state index contributed by atoms with van der Waals surface area (Å²) in [6.45, 7) is -0.126. The maximum atomic E-state index is 13.9. The second-order valence-corrected chi connectivity index (χ2v) is 8.24. The minimum Gasteiger partial charge on any atom is -0.212 e. The summed E-state index contributed by atoms with van der Waals surface area (Å²) in [6.07, 6.45) is -3.21. The highest BCUT2D eigenvalue weighted by Crippen LogP contribution is 2.34. The van der Waals surface area contributed by atoms with Crippen molar-refractivity contribution < 1.29 is 26.0 Å². The minimum absolute atomic E-state index is 0.0546. The lowest BCUT2D eigenvalue weighted by Gasteiger charge is -2.22. The number of nitrogens with zero attached hydrogens (tertiary/aromatic N) is 1. The molecule has 3 nitrogen and oxygen atoms in total. The van der Waals surface area contributed by atoms with Gasteiger partial charge in [0.2, 0.25) is 10.0 Å². The zero-order valence-corrected chi connectivity index (χ0v) is 14.5. The number of sulfonamides is 1. The lowest BCUT2D eigenvalue weighted by molar-refractivity contribution is -0.137. The summed E-state index contributed by atoms with van der Waals surface area (Å²) in [7, 11) is -3.89. The van der Waals surface area contributed by atoms with Crippen LogP contribution in [0.2, 0.25) is 0 Å². The van der Waals surface area contributed by atoms with Crippen molar-refractivity contribution in [3.63, 3.8) is 0 Å². The molecule has 8 heteroatoms. The summed E-state index contributed by atoms with van der Waals surface area (Å²) < 4.78 is 79.1. The first-order valence-electron chi connectivity index (χ1n) is 8.06. The number of hydrogen-bond donors (Lipinski definition) is 0. The quantitative estimate of drug-likeness (QED) is 0.692. The van der Waals surface area contributed by atoms with E-state index in [1.54, 1.807) is 6.07 Å². The van der Waals surface area contributed by atoms with Gasteiger partial charge in [-0.15, -0.1) is 0 Å². The Kier molecular flexibility index (Phi) is 5.07. The lowest BCUT2D eigenvalue weighted by Crippen LogP contribution is -2.34. The average Bonchev–Trinajstić information content (AvgIpc) is 3.37. The number of halogens is 4. The highest BCUT2D eigenvalue weighted by molar-refractivity contribution is 7.88. The molecule has 3 rings (SSSR count). The van der Waals surface area contributed by atoms with Crippen LogP contribution in [0.1, 0.15) is 29.5 Å². The van der Waals surface area contributed by atoms with Crippen LogP contribution in [0.3, 0.4) is 0 Å². The van der Waals surface area contributed by atoms with E-state index in [1.807, 2.05) is 0 Å². The molecule has 0 amide bonds. The van der Waals surface area contributed by atoms with Crippen LogP contribution in [-0.4, -0.2) is 18.8 Å². The number of alkyl halides is 3. The summed E-state index contributed by atoms with van der Waals surface area (Å²) in [5.41, 5.74) is -0.594. The van der Waals surface area contributed by atoms with Gasteiger partial charge in [-0.25, -0.2) is 12.8 Å². The molecular formula is C18H17F4NO2S. The van der Waals surface area contributed by atoms with Crippen LogP contribution in [0.4, 0.5) is 17.6 Å². The predicted molar refractivity (Wildman–Crippen MR) is 89.0 cm³/mol. The van der Waals surface area contributed by atoms with Crippen LogP contribution in [0.15, 0.2) is 48.5 Å². The predicted octanol–water partition coefficient (Wildman–Crippen LogP) is 4.34. The molecule has 0 radical (unpaired) electrons. The van der Waals surface area contributed by atoms with E-state index < -0.39 is 33.3 Å². The van der Waals surface area contributed by atoms with Gasteiger partial charge in [-0.2, -0.15) is 17.5 Å². The first kappa shape index (κ1) is 18.8. The van der Waals surface area contributed by atoms with Gasteiger partial charge in [-0.05, 0) is 30.5 Å². The van der Waals surface area contributed by atoms with Gasteiger partial charge >= 0.3 is 6.18 Å². The number of benzene rings is 2. The first-order valence-corrected chi connectivity index (χ1v) is 9.67. The fraction of sp³-hybridized carbons (Fsp3) is 0.333. The SMILES string of the molecule is O=S(=O)(Cc1cccc(C(F)(F)F)c1)N(Cc1ccccc1F)C1CC1. The number of hydrogen-bond acceptors (Lipinski definition) is 2. The summed E-state index contributed by atoms with van der Waals surface area (Å²) >= 11 is 0. The van der Waals surface area contributed by atoms with Crippen LogP contribution in [-0.2, 0) is 28.5 Å². The molecule has 0 saturated heterocycles. The third-order valence-corrected chi connectivity index (χ3v) is 6.04. The number of rotatable bonds is 6. The molecule has 1 fully saturated rings. The Hall–Kier alpha value is -1.93. The molecular weight excluding hydrogens is 370 g/mol. The normalized spacial score (nSPS) is 15.4. The van der Waals surface area contributed by atoms with Gasteiger partial charge in [0.15, 0.2) is 0 Å². The average molecular weight is 387 g/mol. The Morgan fingerprint density at radius 1 is 1.04 bits per heavy atom. The maximum absolute atomic E-state index is 13.9. The van der Waals surface area contributed by atoms with E-state index in [1.165, 1.54) is 34.6 Å². The fourth-order valence-electron chi connectivity index (χ4n) is 2.74. The van der Waals surface area contributed by atoms with E-state index in [9.17, 15) is 26.0 Å². The van der Waals surface area contributed by atoms with E-state index in [4.69, 9.17) is 0 Å². The smallest absolute Gasteiger partial charge is 0.212 e. The summed E-state index contributed by atoms with van der Waals surface area (Å²) in [5, 5.41) is 0. The molecule has 0 unspecified atom stereocenters. The second-order valence-electron chi connectivity index (χ2n) is 6.32. The van der Waals surface area contributed by atoms with E-state index in [0.717, 1.165) is 12.1 Å². The molecule has 0 bridgehead atoms. The highest BCUT2D eigenvalue weighted by atomic mass is 32.2. The van der Waals surface area contributed by atoms with Crippen molar-refractivity contribution >= 4 is 10.0 Å². The minimum atomic E-state index is -4.54. The third kappa shape index (κ3) is 4.42. The van der Waals surface area contributed by atoms with E-state index in [0.29, 0.717) is 12.8 Å². The van der Waals surface area contributed by atoms with Crippen LogP contribution in [0, 0.1) is 5.82 Å². The molecule has 0 aromatic heterocycles. The molecule has 0 aliphatic heterocycles. The molecule has 2 aromatic carbocycles. The maximum Gasteiger partial charge on any atom is 0.416 e. The van der Waals surface area contributed by atoms with Crippen LogP contribution in [0.25, 0.3) is 0 Å².